The average molecular weight is 316 g/mol. The maximum Gasteiger partial charge on any atom is 0.242 e. The molecule has 5 nitrogen and oxygen atoms in total. The molecule has 0 spiro atoms. The van der Waals surface area contributed by atoms with Crippen molar-refractivity contribution < 1.29 is 4.79 Å². The fourth-order valence-electron chi connectivity index (χ4n) is 3.64. The van der Waals surface area contributed by atoms with Crippen molar-refractivity contribution in [1.82, 2.24) is 10.3 Å². The van der Waals surface area contributed by atoms with E-state index in [9.17, 15) is 4.79 Å². The van der Waals surface area contributed by atoms with Crippen LogP contribution in [-0.4, -0.2) is 36.6 Å². The van der Waals surface area contributed by atoms with Crippen LogP contribution >= 0.6 is 0 Å². The highest BCUT2D eigenvalue weighted by molar-refractivity contribution is 5.95. The van der Waals surface area contributed by atoms with Crippen molar-refractivity contribution in [3.63, 3.8) is 0 Å². The first-order valence-electron chi connectivity index (χ1n) is 8.81. The van der Waals surface area contributed by atoms with Crippen molar-refractivity contribution in [2.24, 2.45) is 5.41 Å². The van der Waals surface area contributed by atoms with E-state index in [-0.39, 0.29) is 17.4 Å². The number of amides is 1. The Balaban J connectivity index is 1.62. The van der Waals surface area contributed by atoms with E-state index >= 15 is 0 Å². The van der Waals surface area contributed by atoms with E-state index in [2.05, 4.69) is 34.4 Å². The molecule has 2 saturated heterocycles. The Hall–Kier alpha value is -1.62. The molecule has 23 heavy (non-hydrogen) atoms. The maximum absolute atomic E-state index is 12.6. The minimum Gasteiger partial charge on any atom is -0.357 e. The third kappa shape index (κ3) is 3.83. The van der Waals surface area contributed by atoms with E-state index in [0.29, 0.717) is 0 Å². The van der Waals surface area contributed by atoms with Gasteiger partial charge < -0.3 is 15.5 Å². The van der Waals surface area contributed by atoms with Crippen LogP contribution in [0.1, 0.15) is 46.0 Å². The topological polar surface area (TPSA) is 57.3 Å². The number of nitrogens with one attached hydrogen (secondary N) is 2. The first-order chi connectivity index (χ1) is 11.1. The van der Waals surface area contributed by atoms with Crippen LogP contribution in [0.3, 0.4) is 0 Å². The summed E-state index contributed by atoms with van der Waals surface area (Å²) in [5, 5.41) is 6.37. The van der Waals surface area contributed by atoms with Crippen LogP contribution in [0.2, 0.25) is 0 Å². The van der Waals surface area contributed by atoms with Crippen LogP contribution in [0.25, 0.3) is 0 Å². The van der Waals surface area contributed by atoms with Gasteiger partial charge in [0.1, 0.15) is 5.82 Å². The Labute approximate surface area is 138 Å². The van der Waals surface area contributed by atoms with Crippen LogP contribution in [-0.2, 0) is 4.79 Å². The molecule has 0 aliphatic carbocycles. The highest BCUT2D eigenvalue weighted by Crippen LogP contribution is 2.30. The van der Waals surface area contributed by atoms with Crippen LogP contribution < -0.4 is 15.5 Å². The lowest BCUT2D eigenvalue weighted by Crippen LogP contribution is -2.53. The predicted octanol–water partition coefficient (Wildman–Crippen LogP) is 2.79. The molecular formula is C18H28N4O. The van der Waals surface area contributed by atoms with Crippen LogP contribution in [0.5, 0.6) is 0 Å². The molecule has 1 atom stereocenters. The Morgan fingerprint density at radius 1 is 1.26 bits per heavy atom. The van der Waals surface area contributed by atoms with Crippen LogP contribution in [0.4, 0.5) is 11.5 Å². The summed E-state index contributed by atoms with van der Waals surface area (Å²) in [6.07, 6.45) is 7.77. The largest absolute Gasteiger partial charge is 0.357 e. The van der Waals surface area contributed by atoms with E-state index in [1.54, 1.807) is 6.20 Å². The number of hydrogen-bond acceptors (Lipinski definition) is 4. The normalized spacial score (nSPS) is 24.3. The van der Waals surface area contributed by atoms with E-state index < -0.39 is 0 Å². The average Bonchev–Trinajstić information content (AvgIpc) is 2.56. The highest BCUT2D eigenvalue weighted by atomic mass is 16.2. The molecule has 2 fully saturated rings. The minimum absolute atomic E-state index is 0.0104. The Morgan fingerprint density at radius 2 is 2.04 bits per heavy atom. The van der Waals surface area contributed by atoms with Gasteiger partial charge in [-0.15, -0.1) is 0 Å². The predicted molar refractivity (Wildman–Crippen MR) is 93.7 cm³/mol. The smallest absolute Gasteiger partial charge is 0.242 e. The van der Waals surface area contributed by atoms with Gasteiger partial charge in [0.2, 0.25) is 5.91 Å². The summed E-state index contributed by atoms with van der Waals surface area (Å²) < 4.78 is 0. The molecular weight excluding hydrogens is 288 g/mol. The molecule has 2 aliphatic rings. The lowest BCUT2D eigenvalue weighted by molar-refractivity contribution is -0.121. The molecule has 2 N–H and O–H groups in total. The number of carbonyl (C=O) groups is 1. The van der Waals surface area contributed by atoms with Gasteiger partial charge in [0.05, 0.1) is 17.9 Å². The van der Waals surface area contributed by atoms with Gasteiger partial charge >= 0.3 is 0 Å². The zero-order valence-electron chi connectivity index (χ0n) is 14.3. The summed E-state index contributed by atoms with van der Waals surface area (Å²) in [5.74, 6) is 1.06. The van der Waals surface area contributed by atoms with Gasteiger partial charge in [0.15, 0.2) is 0 Å². The minimum atomic E-state index is -0.141. The second kappa shape index (κ2) is 6.87. The van der Waals surface area contributed by atoms with E-state index in [0.717, 1.165) is 44.0 Å². The van der Waals surface area contributed by atoms with Crippen molar-refractivity contribution in [3.05, 3.63) is 18.3 Å². The number of piperidine rings is 2. The molecule has 3 rings (SSSR count). The van der Waals surface area contributed by atoms with Crippen molar-refractivity contribution >= 4 is 17.4 Å². The van der Waals surface area contributed by atoms with E-state index in [1.165, 1.54) is 19.3 Å². The van der Waals surface area contributed by atoms with Crippen molar-refractivity contribution in [2.45, 2.75) is 52.0 Å². The molecule has 0 aromatic carbocycles. The number of anilines is 2. The first kappa shape index (κ1) is 16.2. The van der Waals surface area contributed by atoms with Gasteiger partial charge in [0.25, 0.3) is 0 Å². The van der Waals surface area contributed by atoms with E-state index in [1.807, 2.05) is 12.1 Å². The number of carbonyl (C=O) groups excluding carboxylic acids is 1. The van der Waals surface area contributed by atoms with Crippen LogP contribution in [0, 0.1) is 5.41 Å². The number of aromatic nitrogens is 1. The standard InChI is InChI=1S/C18H28N4O/c1-18(2)9-6-10-19-16(18)17(23)21-14-7-8-15(20-13-14)22-11-4-3-5-12-22/h7-8,13,16,19H,3-6,9-12H2,1-2H3,(H,21,23). The van der Waals surface area contributed by atoms with Crippen LogP contribution in [0.15, 0.2) is 18.3 Å². The summed E-state index contributed by atoms with van der Waals surface area (Å²) in [4.78, 5) is 19.4. The second-order valence-electron chi connectivity index (χ2n) is 7.42. The molecule has 5 heteroatoms. The third-order valence-corrected chi connectivity index (χ3v) is 5.09. The number of pyridine rings is 1. The first-order valence-corrected chi connectivity index (χ1v) is 8.81. The molecule has 3 heterocycles. The molecule has 126 valence electrons. The number of nitrogens with zero attached hydrogens (tertiary/aromatic N) is 2. The quantitative estimate of drug-likeness (QED) is 0.900. The summed E-state index contributed by atoms with van der Waals surface area (Å²) in [6, 6.07) is 3.84. The molecule has 2 aliphatic heterocycles. The highest BCUT2D eigenvalue weighted by Gasteiger charge is 2.37. The van der Waals surface area contributed by atoms with Gasteiger partial charge in [-0.05, 0) is 56.2 Å². The lowest BCUT2D eigenvalue weighted by Gasteiger charge is -2.38. The molecule has 0 radical (unpaired) electrons. The van der Waals surface area contributed by atoms with Crippen molar-refractivity contribution in [3.8, 4) is 0 Å². The van der Waals surface area contributed by atoms with Gasteiger partial charge in [-0.1, -0.05) is 13.8 Å². The maximum atomic E-state index is 12.6. The summed E-state index contributed by atoms with van der Waals surface area (Å²) in [5.41, 5.74) is 0.766. The number of hydrogen-bond donors (Lipinski definition) is 2. The second-order valence-corrected chi connectivity index (χ2v) is 7.42. The van der Waals surface area contributed by atoms with Gasteiger partial charge in [-0.3, -0.25) is 4.79 Å². The van der Waals surface area contributed by atoms with Gasteiger partial charge in [0, 0.05) is 13.1 Å². The molecule has 0 bridgehead atoms. The SMILES string of the molecule is CC1(C)CCCNC1C(=O)Nc1ccc(N2CCCCC2)nc1. The van der Waals surface area contributed by atoms with Gasteiger partial charge in [-0.2, -0.15) is 0 Å². The lowest BCUT2D eigenvalue weighted by atomic mass is 9.77. The Kier molecular flexibility index (Phi) is 4.85. The van der Waals surface area contributed by atoms with Crippen molar-refractivity contribution in [1.29, 1.82) is 0 Å². The molecule has 1 amide bonds. The molecule has 1 aromatic heterocycles. The van der Waals surface area contributed by atoms with E-state index in [4.69, 9.17) is 0 Å². The molecule has 1 aromatic rings. The third-order valence-electron chi connectivity index (χ3n) is 5.09. The summed E-state index contributed by atoms with van der Waals surface area (Å²) in [6.45, 7) is 7.38. The zero-order chi connectivity index (χ0) is 16.3. The van der Waals surface area contributed by atoms with Gasteiger partial charge in [-0.25, -0.2) is 4.98 Å². The fraction of sp³-hybridized carbons (Fsp3) is 0.667. The summed E-state index contributed by atoms with van der Waals surface area (Å²) in [7, 11) is 0. The Bertz CT molecular complexity index is 534. The summed E-state index contributed by atoms with van der Waals surface area (Å²) >= 11 is 0. The Morgan fingerprint density at radius 3 is 2.70 bits per heavy atom. The molecule has 0 saturated carbocycles. The van der Waals surface area contributed by atoms with Crippen molar-refractivity contribution in [2.75, 3.05) is 29.9 Å². The monoisotopic (exact) mass is 316 g/mol. The number of rotatable bonds is 3. The zero-order valence-corrected chi connectivity index (χ0v) is 14.3. The molecule has 1 unspecified atom stereocenters. The fourth-order valence-corrected chi connectivity index (χ4v) is 3.64.